The van der Waals surface area contributed by atoms with E-state index in [1.54, 1.807) is 12.1 Å². The van der Waals surface area contributed by atoms with Crippen LogP contribution in [0.1, 0.15) is 45.2 Å². The third-order valence-electron chi connectivity index (χ3n) is 6.26. The van der Waals surface area contributed by atoms with Crippen molar-refractivity contribution in [2.24, 2.45) is 5.41 Å². The number of hydrogen-bond donors (Lipinski definition) is 1. The average molecular weight is 514 g/mol. The lowest BCUT2D eigenvalue weighted by atomic mass is 9.97. The van der Waals surface area contributed by atoms with Crippen molar-refractivity contribution in [2.45, 2.75) is 53.7 Å². The first-order valence-electron chi connectivity index (χ1n) is 12.8. The molecule has 0 aliphatic rings. The topological polar surface area (TPSA) is 77.8 Å². The third-order valence-corrected chi connectivity index (χ3v) is 6.26. The van der Waals surface area contributed by atoms with Crippen LogP contribution in [0, 0.1) is 11.2 Å². The van der Waals surface area contributed by atoms with E-state index in [4.69, 9.17) is 9.47 Å². The summed E-state index contributed by atoms with van der Waals surface area (Å²) in [6.45, 7) is 9.90. The summed E-state index contributed by atoms with van der Waals surface area (Å²) in [5.74, 6) is 2.10. The van der Waals surface area contributed by atoms with Crippen LogP contribution in [0.2, 0.25) is 0 Å². The number of hydrogen-bond acceptors (Lipinski definition) is 5. The van der Waals surface area contributed by atoms with Gasteiger partial charge in [-0.3, -0.25) is 0 Å². The highest BCUT2D eigenvalue weighted by molar-refractivity contribution is 5.86. The van der Waals surface area contributed by atoms with Crippen molar-refractivity contribution >= 4 is 10.9 Å². The molecule has 8 heteroatoms. The number of aryl methyl sites for hydroxylation is 1. The van der Waals surface area contributed by atoms with Crippen LogP contribution >= 0.6 is 0 Å². The molecule has 0 aliphatic carbocycles. The van der Waals surface area contributed by atoms with Crippen molar-refractivity contribution in [3.8, 4) is 28.6 Å². The molecular formula is C30H32FN5O2. The number of aromatic nitrogens is 5. The molecule has 7 nitrogen and oxygen atoms in total. The second kappa shape index (κ2) is 10.7. The van der Waals surface area contributed by atoms with Crippen molar-refractivity contribution in [3.63, 3.8) is 0 Å². The lowest BCUT2D eigenvalue weighted by molar-refractivity contribution is 0.296. The van der Waals surface area contributed by atoms with Gasteiger partial charge in [-0.2, -0.15) is 5.21 Å². The molecule has 0 atom stereocenters. The van der Waals surface area contributed by atoms with Gasteiger partial charge >= 0.3 is 0 Å². The molecule has 196 valence electrons. The predicted molar refractivity (Wildman–Crippen MR) is 146 cm³/mol. The van der Waals surface area contributed by atoms with Crippen LogP contribution in [-0.2, 0) is 19.6 Å². The quantitative estimate of drug-likeness (QED) is 0.223. The maximum absolute atomic E-state index is 14.7. The standard InChI is InChI=1S/C30H32FN5O2/c1-5-6-25-24-15-16-36(19-30(2,3)4)27(24)13-14-28(25)37-18-21-17-23(11-12-26(21)31)38-22-9-7-20(8-10-22)29-32-34-35-33-29/h7-17H,5-6,18-19H2,1-4H3,(H,32,33,34,35). The van der Waals surface area contributed by atoms with Crippen molar-refractivity contribution in [1.82, 2.24) is 25.2 Å². The summed E-state index contributed by atoms with van der Waals surface area (Å²) < 4.78 is 29.2. The zero-order chi connectivity index (χ0) is 26.7. The molecular weight excluding hydrogens is 481 g/mol. The molecule has 5 aromatic rings. The molecule has 0 saturated carbocycles. The highest BCUT2D eigenvalue weighted by Gasteiger charge is 2.17. The summed E-state index contributed by atoms with van der Waals surface area (Å²) in [4.78, 5) is 0. The van der Waals surface area contributed by atoms with Crippen molar-refractivity contribution in [1.29, 1.82) is 0 Å². The molecule has 0 unspecified atom stereocenters. The number of halogens is 1. The Bertz CT molecular complexity index is 1520. The Morgan fingerprint density at radius 3 is 2.47 bits per heavy atom. The summed E-state index contributed by atoms with van der Waals surface area (Å²) in [5, 5.41) is 15.1. The SMILES string of the molecule is CCCc1c(OCc2cc(Oc3ccc(-c4nn[nH]n4)cc3)ccc2F)ccc2c1ccn2CC(C)(C)C. The first-order valence-corrected chi connectivity index (χ1v) is 12.8. The molecule has 0 amide bonds. The van der Waals surface area contributed by atoms with Crippen LogP contribution in [0.3, 0.4) is 0 Å². The van der Waals surface area contributed by atoms with E-state index in [0.29, 0.717) is 22.9 Å². The van der Waals surface area contributed by atoms with E-state index in [0.717, 1.165) is 36.3 Å². The fourth-order valence-electron chi connectivity index (χ4n) is 4.58. The average Bonchev–Trinajstić information content (AvgIpc) is 3.56. The Morgan fingerprint density at radius 1 is 0.974 bits per heavy atom. The summed E-state index contributed by atoms with van der Waals surface area (Å²) in [5.41, 5.74) is 3.77. The number of nitrogens with one attached hydrogen (secondary N) is 1. The van der Waals surface area contributed by atoms with Gasteiger partial charge in [-0.1, -0.05) is 34.1 Å². The zero-order valence-electron chi connectivity index (χ0n) is 22.2. The first kappa shape index (κ1) is 25.4. The van der Waals surface area contributed by atoms with Crippen molar-refractivity contribution in [3.05, 3.63) is 83.8 Å². The molecule has 2 heterocycles. The molecule has 0 saturated heterocycles. The maximum atomic E-state index is 14.7. The highest BCUT2D eigenvalue weighted by Crippen LogP contribution is 2.33. The number of rotatable bonds is 9. The maximum Gasteiger partial charge on any atom is 0.204 e. The van der Waals surface area contributed by atoms with E-state index in [9.17, 15) is 4.39 Å². The summed E-state index contributed by atoms with van der Waals surface area (Å²) in [6.07, 6.45) is 4.02. The molecule has 0 bridgehead atoms. The van der Waals surface area contributed by atoms with Crippen LogP contribution < -0.4 is 9.47 Å². The van der Waals surface area contributed by atoms with Crippen molar-refractivity contribution < 1.29 is 13.9 Å². The largest absolute Gasteiger partial charge is 0.488 e. The minimum Gasteiger partial charge on any atom is -0.488 e. The van der Waals surface area contributed by atoms with Gasteiger partial charge in [0.2, 0.25) is 5.82 Å². The lowest BCUT2D eigenvalue weighted by Gasteiger charge is -2.20. The molecule has 0 radical (unpaired) electrons. The fraction of sp³-hybridized carbons (Fsp3) is 0.300. The van der Waals surface area contributed by atoms with E-state index in [1.807, 2.05) is 30.3 Å². The predicted octanol–water partition coefficient (Wildman–Crippen LogP) is 7.33. The molecule has 38 heavy (non-hydrogen) atoms. The second-order valence-electron chi connectivity index (χ2n) is 10.6. The highest BCUT2D eigenvalue weighted by atomic mass is 19.1. The monoisotopic (exact) mass is 513 g/mol. The molecule has 0 spiro atoms. The van der Waals surface area contributed by atoms with Crippen LogP contribution in [0.5, 0.6) is 17.2 Å². The van der Waals surface area contributed by atoms with Gasteiger partial charge in [-0.25, -0.2) is 4.39 Å². The van der Waals surface area contributed by atoms with Crippen LogP contribution in [0.4, 0.5) is 4.39 Å². The van der Waals surface area contributed by atoms with Gasteiger partial charge < -0.3 is 14.0 Å². The number of benzene rings is 3. The van der Waals surface area contributed by atoms with Gasteiger partial charge in [-0.15, -0.1) is 10.2 Å². The van der Waals surface area contributed by atoms with Gasteiger partial charge in [-0.05, 0) is 77.7 Å². The van der Waals surface area contributed by atoms with Crippen LogP contribution in [-0.4, -0.2) is 25.2 Å². The van der Waals surface area contributed by atoms with Crippen LogP contribution in [0.15, 0.2) is 66.9 Å². The zero-order valence-corrected chi connectivity index (χ0v) is 22.2. The fourth-order valence-corrected chi connectivity index (χ4v) is 4.58. The summed E-state index contributed by atoms with van der Waals surface area (Å²) in [6, 6.07) is 18.3. The molecule has 5 rings (SSSR count). The number of tetrazole rings is 1. The van der Waals surface area contributed by atoms with Gasteiger partial charge in [0, 0.05) is 40.3 Å². The Hall–Kier alpha value is -4.20. The Kier molecular flexibility index (Phi) is 7.13. The summed E-state index contributed by atoms with van der Waals surface area (Å²) in [7, 11) is 0. The van der Waals surface area contributed by atoms with E-state index >= 15 is 0 Å². The van der Waals surface area contributed by atoms with E-state index in [-0.39, 0.29) is 17.8 Å². The van der Waals surface area contributed by atoms with Gasteiger partial charge in [0.05, 0.1) is 0 Å². The number of aromatic amines is 1. The number of ether oxygens (including phenoxy) is 2. The molecule has 3 aromatic carbocycles. The molecule has 0 fully saturated rings. The lowest BCUT2D eigenvalue weighted by Crippen LogP contribution is -2.14. The number of nitrogens with zero attached hydrogens (tertiary/aromatic N) is 4. The summed E-state index contributed by atoms with van der Waals surface area (Å²) >= 11 is 0. The van der Waals surface area contributed by atoms with Crippen LogP contribution in [0.25, 0.3) is 22.3 Å². The van der Waals surface area contributed by atoms with Gasteiger partial charge in [0.15, 0.2) is 0 Å². The molecule has 0 aliphatic heterocycles. The Balaban J connectivity index is 1.33. The first-order chi connectivity index (χ1) is 18.3. The third kappa shape index (κ3) is 5.69. The van der Waals surface area contributed by atoms with E-state index < -0.39 is 0 Å². The van der Waals surface area contributed by atoms with Crippen molar-refractivity contribution in [2.75, 3.05) is 0 Å². The molecule has 1 N–H and O–H groups in total. The van der Waals surface area contributed by atoms with Gasteiger partial charge in [0.25, 0.3) is 0 Å². The molecule has 2 aromatic heterocycles. The smallest absolute Gasteiger partial charge is 0.204 e. The number of H-pyrrole nitrogens is 1. The van der Waals surface area contributed by atoms with Gasteiger partial charge in [0.1, 0.15) is 29.7 Å². The second-order valence-corrected chi connectivity index (χ2v) is 10.6. The number of fused-ring (bicyclic) bond motifs is 1. The van der Waals surface area contributed by atoms with E-state index in [2.05, 4.69) is 71.2 Å². The minimum absolute atomic E-state index is 0.102. The minimum atomic E-state index is -0.334. The Labute approximate surface area is 221 Å². The normalized spacial score (nSPS) is 11.7. The van der Waals surface area contributed by atoms with E-state index in [1.165, 1.54) is 17.0 Å². The Morgan fingerprint density at radius 2 is 1.76 bits per heavy atom.